The molecule has 2 heteroatoms. The summed E-state index contributed by atoms with van der Waals surface area (Å²) in [5.74, 6) is 0. The Bertz CT molecular complexity index is 503. The average molecular weight is 493 g/mol. The van der Waals surface area contributed by atoms with Crippen LogP contribution in [0.4, 0.5) is 0 Å². The summed E-state index contributed by atoms with van der Waals surface area (Å²) in [6.07, 6.45) is 13.5. The van der Waals surface area contributed by atoms with Crippen molar-refractivity contribution in [2.45, 2.75) is 114 Å². The van der Waals surface area contributed by atoms with Crippen LogP contribution in [-0.4, -0.2) is 26.5 Å². The molecule has 1 aromatic rings. The Kier molecular flexibility index (Phi) is 9.95. The van der Waals surface area contributed by atoms with Crippen molar-refractivity contribution in [3.8, 4) is 0 Å². The van der Waals surface area contributed by atoms with Gasteiger partial charge in [-0.1, -0.05) is 0 Å². The van der Waals surface area contributed by atoms with E-state index in [1.165, 1.54) is 48.9 Å². The first kappa shape index (κ1) is 23.5. The van der Waals surface area contributed by atoms with Crippen molar-refractivity contribution < 1.29 is 0 Å². The van der Waals surface area contributed by atoms with Gasteiger partial charge in [-0.25, -0.2) is 0 Å². The van der Waals surface area contributed by atoms with Crippen molar-refractivity contribution in [2.24, 2.45) is 0 Å². The van der Waals surface area contributed by atoms with Crippen molar-refractivity contribution in [3.05, 3.63) is 30.3 Å². The third kappa shape index (κ3) is 5.87. The minimum atomic E-state index is -2.13. The van der Waals surface area contributed by atoms with Gasteiger partial charge in [0.05, 0.1) is 0 Å². The second-order valence-corrected chi connectivity index (χ2v) is 28.8. The summed E-state index contributed by atoms with van der Waals surface area (Å²) in [6.45, 7) is 12.7. The molecule has 27 heavy (non-hydrogen) atoms. The van der Waals surface area contributed by atoms with Crippen LogP contribution in [-0.2, 0) is 0 Å². The summed E-state index contributed by atoms with van der Waals surface area (Å²) >= 11 is -2.13. The van der Waals surface area contributed by atoms with Crippen LogP contribution in [0, 0.1) is 0 Å². The van der Waals surface area contributed by atoms with Gasteiger partial charge in [0.25, 0.3) is 0 Å². The second kappa shape index (κ2) is 11.4. The molecule has 0 radical (unpaired) electrons. The standard InChI is InChI=1S/C13H19Si.3C4H9.Sn/c1-14(2,13-10-6-7-11-13)12-8-4-3-5-9-12;3*1-3-4-2;/h3-5,8-10,13H,6-7,11H2,1-2H3;3*1,3-4H2,2H3;/t13-;;;;/m1..../s1. The molecule has 0 amide bonds. The van der Waals surface area contributed by atoms with Crippen LogP contribution in [0.1, 0.15) is 78.6 Å². The molecule has 0 N–H and O–H groups in total. The van der Waals surface area contributed by atoms with Gasteiger partial charge in [0.15, 0.2) is 0 Å². The topological polar surface area (TPSA) is 0 Å². The number of hydrogen-bond donors (Lipinski definition) is 0. The molecule has 1 saturated carbocycles. The number of unbranched alkanes of at least 4 members (excludes halogenated alkanes) is 3. The Hall–Kier alpha value is 0.236. The van der Waals surface area contributed by atoms with Gasteiger partial charge in [0, 0.05) is 0 Å². The Morgan fingerprint density at radius 3 is 1.81 bits per heavy atom. The fourth-order valence-corrected chi connectivity index (χ4v) is 35.3. The molecule has 0 unspecified atom stereocenters. The molecule has 2 rings (SSSR count). The van der Waals surface area contributed by atoms with Crippen molar-refractivity contribution >= 4 is 31.6 Å². The van der Waals surface area contributed by atoms with E-state index < -0.39 is 26.5 Å². The first-order valence-electron chi connectivity index (χ1n) is 12.1. The van der Waals surface area contributed by atoms with Gasteiger partial charge < -0.3 is 0 Å². The fraction of sp³-hybridized carbons (Fsp3) is 0.760. The van der Waals surface area contributed by atoms with Crippen molar-refractivity contribution in [1.82, 2.24) is 0 Å². The van der Waals surface area contributed by atoms with Gasteiger partial charge in [-0.15, -0.1) is 0 Å². The van der Waals surface area contributed by atoms with E-state index in [0.29, 0.717) is 0 Å². The van der Waals surface area contributed by atoms with Crippen molar-refractivity contribution in [1.29, 1.82) is 0 Å². The fourth-order valence-electron chi connectivity index (χ4n) is 6.16. The van der Waals surface area contributed by atoms with Crippen LogP contribution in [0.15, 0.2) is 30.3 Å². The van der Waals surface area contributed by atoms with Gasteiger partial charge in [0.1, 0.15) is 0 Å². The molecule has 0 heterocycles. The molecule has 0 saturated heterocycles. The summed E-state index contributed by atoms with van der Waals surface area (Å²) in [6, 6.07) is 11.7. The van der Waals surface area contributed by atoms with E-state index in [2.05, 4.69) is 64.2 Å². The van der Waals surface area contributed by atoms with Gasteiger partial charge in [-0.3, -0.25) is 0 Å². The predicted molar refractivity (Wildman–Crippen MR) is 130 cm³/mol. The molecule has 154 valence electrons. The van der Waals surface area contributed by atoms with E-state index in [4.69, 9.17) is 0 Å². The summed E-state index contributed by atoms with van der Waals surface area (Å²) in [5, 5.41) is 1.73. The Balaban J connectivity index is 2.35. The third-order valence-corrected chi connectivity index (χ3v) is 31.2. The monoisotopic (exact) mass is 494 g/mol. The maximum atomic E-state index is 2.71. The molecule has 1 aromatic carbocycles. The number of rotatable bonds is 12. The van der Waals surface area contributed by atoms with Crippen LogP contribution >= 0.6 is 0 Å². The molecule has 0 bridgehead atoms. The second-order valence-electron chi connectivity index (χ2n) is 9.90. The predicted octanol–water partition coefficient (Wildman–Crippen LogP) is 8.38. The Morgan fingerprint density at radius 1 is 0.815 bits per heavy atom. The van der Waals surface area contributed by atoms with E-state index in [1.807, 2.05) is 0 Å². The SMILES string of the molecule is CCC[CH2][Sn]([CH2]CCC)([CH2]CCC)[C@H]1CCC[C@@H]1[Si](C)(C)c1ccccc1. The van der Waals surface area contributed by atoms with Crippen LogP contribution in [0.2, 0.25) is 35.9 Å². The first-order chi connectivity index (χ1) is 13.0. The number of hydrogen-bond acceptors (Lipinski definition) is 0. The van der Waals surface area contributed by atoms with Crippen LogP contribution in [0.3, 0.4) is 0 Å². The zero-order valence-corrected chi connectivity index (χ0v) is 22.9. The molecule has 2 atom stereocenters. The van der Waals surface area contributed by atoms with E-state index >= 15 is 0 Å². The average Bonchev–Trinajstić information content (AvgIpc) is 3.20. The zero-order chi connectivity index (χ0) is 19.8. The minimum absolute atomic E-state index is 1.07. The molecular weight excluding hydrogens is 447 g/mol. The molecule has 1 aliphatic rings. The molecule has 0 nitrogen and oxygen atoms in total. The van der Waals surface area contributed by atoms with Gasteiger partial charge in [-0.2, -0.15) is 0 Å². The summed E-state index contributed by atoms with van der Waals surface area (Å²) in [4.78, 5) is 0. The van der Waals surface area contributed by atoms with E-state index in [0.717, 1.165) is 5.54 Å². The Labute approximate surface area is 175 Å². The summed E-state index contributed by atoms with van der Waals surface area (Å²) < 4.78 is 6.29. The van der Waals surface area contributed by atoms with Crippen molar-refractivity contribution in [3.63, 3.8) is 0 Å². The molecule has 0 aliphatic heterocycles. The zero-order valence-electron chi connectivity index (χ0n) is 19.0. The van der Waals surface area contributed by atoms with E-state index in [-0.39, 0.29) is 0 Å². The molecule has 0 aromatic heterocycles. The molecule has 1 aliphatic carbocycles. The molecule has 1 fully saturated rings. The Morgan fingerprint density at radius 2 is 1.33 bits per heavy atom. The normalized spacial score (nSPS) is 20.9. The van der Waals surface area contributed by atoms with Gasteiger partial charge in [-0.05, 0) is 0 Å². The summed E-state index contributed by atoms with van der Waals surface area (Å²) in [5.41, 5.74) is 1.07. The summed E-state index contributed by atoms with van der Waals surface area (Å²) in [7, 11) is -1.38. The number of benzene rings is 1. The first-order valence-corrected chi connectivity index (χ1v) is 22.8. The molecule has 0 spiro atoms. The van der Waals surface area contributed by atoms with Gasteiger partial charge >= 0.3 is 176 Å². The third-order valence-electron chi connectivity index (χ3n) is 7.83. The maximum absolute atomic E-state index is 2.71. The quantitative estimate of drug-likeness (QED) is 0.257. The van der Waals surface area contributed by atoms with Crippen molar-refractivity contribution in [2.75, 3.05) is 0 Å². The van der Waals surface area contributed by atoms with Crippen LogP contribution in [0.25, 0.3) is 0 Å². The van der Waals surface area contributed by atoms with Gasteiger partial charge in [0.2, 0.25) is 0 Å². The van der Waals surface area contributed by atoms with Crippen LogP contribution in [0.5, 0.6) is 0 Å². The van der Waals surface area contributed by atoms with E-state index in [9.17, 15) is 0 Å². The van der Waals surface area contributed by atoms with Crippen LogP contribution < -0.4 is 5.19 Å². The molecular formula is C25H46SiSn. The van der Waals surface area contributed by atoms with E-state index in [1.54, 1.807) is 31.3 Å².